The first-order valence-electron chi connectivity index (χ1n) is 6.34. The molecule has 2 atom stereocenters. The van der Waals surface area contributed by atoms with E-state index < -0.39 is 4.92 Å². The molecule has 1 aliphatic carbocycles. The Kier molecular flexibility index (Phi) is 4.99. The van der Waals surface area contributed by atoms with Gasteiger partial charge < -0.3 is 5.32 Å². The van der Waals surface area contributed by atoms with Crippen LogP contribution in [0, 0.1) is 16.0 Å². The highest BCUT2D eigenvalue weighted by Crippen LogP contribution is 2.31. The molecule has 1 aromatic rings. The fraction of sp³-hybridized carbons (Fsp3) is 0.462. The van der Waals surface area contributed by atoms with Gasteiger partial charge in [0.1, 0.15) is 0 Å². The third kappa shape index (κ3) is 3.70. The van der Waals surface area contributed by atoms with E-state index in [1.807, 2.05) is 0 Å². The molecule has 0 radical (unpaired) electrons. The number of rotatable bonds is 4. The zero-order chi connectivity index (χ0) is 14.7. The van der Waals surface area contributed by atoms with E-state index in [9.17, 15) is 14.9 Å². The number of nitrogens with one attached hydrogen (secondary N) is 1. The third-order valence-corrected chi connectivity index (χ3v) is 4.87. The van der Waals surface area contributed by atoms with Gasteiger partial charge in [0.15, 0.2) is 0 Å². The Bertz CT molecular complexity index is 538. The van der Waals surface area contributed by atoms with Crippen LogP contribution in [0.5, 0.6) is 0 Å². The Hall–Kier alpha value is -1.14. The van der Waals surface area contributed by atoms with Crippen molar-refractivity contribution in [2.75, 3.05) is 6.54 Å². The number of non-ortho nitro benzene ring substituents is 1. The molecule has 1 amide bonds. The average Bonchev–Trinajstić information content (AvgIpc) is 2.80. The molecular weight excluding hydrogens is 348 g/mol. The molecule has 108 valence electrons. The summed E-state index contributed by atoms with van der Waals surface area (Å²) < 4.78 is 0. The molecule has 2 rings (SSSR count). The Labute approximate surface area is 130 Å². The summed E-state index contributed by atoms with van der Waals surface area (Å²) in [5, 5.41) is 13.7. The third-order valence-electron chi connectivity index (χ3n) is 3.45. The first kappa shape index (κ1) is 15.3. The van der Waals surface area contributed by atoms with Gasteiger partial charge in [0.2, 0.25) is 0 Å². The van der Waals surface area contributed by atoms with Gasteiger partial charge in [-0.3, -0.25) is 14.9 Å². The summed E-state index contributed by atoms with van der Waals surface area (Å²) in [6.07, 6.45) is 3.34. The van der Waals surface area contributed by atoms with Crippen molar-refractivity contribution in [3.05, 3.63) is 38.9 Å². The minimum Gasteiger partial charge on any atom is -0.352 e. The number of benzene rings is 1. The zero-order valence-electron chi connectivity index (χ0n) is 10.6. The molecule has 1 fully saturated rings. The van der Waals surface area contributed by atoms with Gasteiger partial charge in [0.25, 0.3) is 11.6 Å². The summed E-state index contributed by atoms with van der Waals surface area (Å²) in [6.45, 7) is 0.565. The van der Waals surface area contributed by atoms with Gasteiger partial charge in [0.05, 0.1) is 4.92 Å². The van der Waals surface area contributed by atoms with E-state index in [-0.39, 0.29) is 22.2 Å². The molecule has 0 aliphatic heterocycles. The molecule has 0 saturated heterocycles. The van der Waals surface area contributed by atoms with Gasteiger partial charge in [0, 0.05) is 34.1 Å². The second kappa shape index (κ2) is 6.54. The summed E-state index contributed by atoms with van der Waals surface area (Å²) in [7, 11) is 0. The predicted molar refractivity (Wildman–Crippen MR) is 80.5 cm³/mol. The van der Waals surface area contributed by atoms with Crippen LogP contribution >= 0.6 is 27.5 Å². The van der Waals surface area contributed by atoms with Gasteiger partial charge in [-0.25, -0.2) is 0 Å². The van der Waals surface area contributed by atoms with Crippen LogP contribution in [0.4, 0.5) is 5.69 Å². The Morgan fingerprint density at radius 1 is 1.45 bits per heavy atom. The van der Waals surface area contributed by atoms with Crippen molar-refractivity contribution >= 4 is 39.1 Å². The van der Waals surface area contributed by atoms with Crippen LogP contribution in [0.3, 0.4) is 0 Å². The molecule has 1 saturated carbocycles. The van der Waals surface area contributed by atoms with Gasteiger partial charge >= 0.3 is 0 Å². The van der Waals surface area contributed by atoms with Crippen molar-refractivity contribution in [1.82, 2.24) is 5.32 Å². The van der Waals surface area contributed by atoms with Crippen LogP contribution in [0.25, 0.3) is 0 Å². The highest BCUT2D eigenvalue weighted by atomic mass is 79.9. The highest BCUT2D eigenvalue weighted by molar-refractivity contribution is 9.09. The molecule has 2 unspecified atom stereocenters. The number of alkyl halides is 1. The molecule has 0 aromatic heterocycles. The lowest BCUT2D eigenvalue weighted by molar-refractivity contribution is -0.384. The van der Waals surface area contributed by atoms with Crippen molar-refractivity contribution in [3.8, 4) is 0 Å². The largest absolute Gasteiger partial charge is 0.352 e. The quantitative estimate of drug-likeness (QED) is 0.506. The van der Waals surface area contributed by atoms with E-state index in [0.29, 0.717) is 17.3 Å². The summed E-state index contributed by atoms with van der Waals surface area (Å²) in [5.74, 6) is 0.0790. The van der Waals surface area contributed by atoms with Crippen LogP contribution < -0.4 is 5.32 Å². The Balaban J connectivity index is 2.03. The molecule has 0 heterocycles. The SMILES string of the molecule is O=C(NCC1CCCC1Br)c1cc(Cl)cc([N+](=O)[O-])c1. The van der Waals surface area contributed by atoms with Crippen LogP contribution in [-0.4, -0.2) is 22.2 Å². The van der Waals surface area contributed by atoms with E-state index in [2.05, 4.69) is 21.2 Å². The molecule has 20 heavy (non-hydrogen) atoms. The van der Waals surface area contributed by atoms with Gasteiger partial charge in [-0.05, 0) is 24.8 Å². The molecule has 1 aromatic carbocycles. The standard InChI is InChI=1S/C13H14BrClN2O3/c14-12-3-1-2-8(12)7-16-13(18)9-4-10(15)6-11(5-9)17(19)20/h4-6,8,12H,1-3,7H2,(H,16,18). The zero-order valence-corrected chi connectivity index (χ0v) is 13.0. The maximum Gasteiger partial charge on any atom is 0.271 e. The lowest BCUT2D eigenvalue weighted by Gasteiger charge is -2.14. The number of nitrogens with zero attached hydrogens (tertiary/aromatic N) is 1. The molecule has 1 N–H and O–H groups in total. The smallest absolute Gasteiger partial charge is 0.271 e. The van der Waals surface area contributed by atoms with Gasteiger partial charge in [-0.1, -0.05) is 34.0 Å². The number of hydrogen-bond acceptors (Lipinski definition) is 3. The second-order valence-electron chi connectivity index (χ2n) is 4.87. The summed E-state index contributed by atoms with van der Waals surface area (Å²) in [6, 6.07) is 3.90. The molecule has 7 heteroatoms. The van der Waals surface area contributed by atoms with Crippen molar-refractivity contribution in [2.45, 2.75) is 24.1 Å². The number of halogens is 2. The maximum absolute atomic E-state index is 12.0. The minimum absolute atomic E-state index is 0.179. The normalized spacial score (nSPS) is 21.7. The number of amides is 1. The Morgan fingerprint density at radius 2 is 2.20 bits per heavy atom. The minimum atomic E-state index is -0.561. The summed E-state index contributed by atoms with van der Waals surface area (Å²) in [5.41, 5.74) is 0.0372. The fourth-order valence-electron chi connectivity index (χ4n) is 2.36. The summed E-state index contributed by atoms with van der Waals surface area (Å²) >= 11 is 9.39. The molecule has 0 spiro atoms. The maximum atomic E-state index is 12.0. The van der Waals surface area contributed by atoms with E-state index in [1.54, 1.807) is 0 Å². The van der Waals surface area contributed by atoms with Crippen molar-refractivity contribution in [2.24, 2.45) is 5.92 Å². The Morgan fingerprint density at radius 3 is 2.80 bits per heavy atom. The molecule has 5 nitrogen and oxygen atoms in total. The van der Waals surface area contributed by atoms with E-state index in [0.717, 1.165) is 19.3 Å². The first-order chi connectivity index (χ1) is 9.47. The molecular formula is C13H14BrClN2O3. The first-order valence-corrected chi connectivity index (χ1v) is 7.64. The van der Waals surface area contributed by atoms with Crippen LogP contribution in [0.15, 0.2) is 18.2 Å². The van der Waals surface area contributed by atoms with E-state index >= 15 is 0 Å². The van der Waals surface area contributed by atoms with Crippen LogP contribution in [0.2, 0.25) is 5.02 Å². The summed E-state index contributed by atoms with van der Waals surface area (Å²) in [4.78, 5) is 22.6. The van der Waals surface area contributed by atoms with Crippen molar-refractivity contribution < 1.29 is 9.72 Å². The number of nitro groups is 1. The van der Waals surface area contributed by atoms with Gasteiger partial charge in [-0.15, -0.1) is 0 Å². The van der Waals surface area contributed by atoms with Crippen molar-refractivity contribution in [1.29, 1.82) is 0 Å². The average molecular weight is 362 g/mol. The molecule has 0 bridgehead atoms. The van der Waals surface area contributed by atoms with Gasteiger partial charge in [-0.2, -0.15) is 0 Å². The predicted octanol–water partition coefficient (Wildman–Crippen LogP) is 3.54. The number of nitro benzene ring substituents is 1. The van der Waals surface area contributed by atoms with E-state index in [4.69, 9.17) is 11.6 Å². The van der Waals surface area contributed by atoms with Crippen molar-refractivity contribution in [3.63, 3.8) is 0 Å². The number of carbonyl (C=O) groups excluding carboxylic acids is 1. The number of hydrogen-bond donors (Lipinski definition) is 1. The molecule has 1 aliphatic rings. The monoisotopic (exact) mass is 360 g/mol. The topological polar surface area (TPSA) is 72.2 Å². The second-order valence-corrected chi connectivity index (χ2v) is 6.48. The van der Waals surface area contributed by atoms with Crippen LogP contribution in [0.1, 0.15) is 29.6 Å². The highest BCUT2D eigenvalue weighted by Gasteiger charge is 2.25. The fourth-order valence-corrected chi connectivity index (χ4v) is 3.36. The lowest BCUT2D eigenvalue weighted by atomic mass is 10.1. The van der Waals surface area contributed by atoms with E-state index in [1.165, 1.54) is 18.2 Å². The number of carbonyl (C=O) groups is 1. The van der Waals surface area contributed by atoms with Crippen LogP contribution in [-0.2, 0) is 0 Å². The lowest BCUT2D eigenvalue weighted by Crippen LogP contribution is -2.31.